The highest BCUT2D eigenvalue weighted by Crippen LogP contribution is 2.38. The summed E-state index contributed by atoms with van der Waals surface area (Å²) in [7, 11) is 0. The molecule has 0 aliphatic rings. The van der Waals surface area contributed by atoms with E-state index in [-0.39, 0.29) is 23.3 Å². The summed E-state index contributed by atoms with van der Waals surface area (Å²) in [6.45, 7) is 4.17. The lowest BCUT2D eigenvalue weighted by molar-refractivity contribution is 0.102. The molecule has 0 fully saturated rings. The van der Waals surface area contributed by atoms with Gasteiger partial charge in [-0.15, -0.1) is 0 Å². The molecule has 9 heteroatoms. The van der Waals surface area contributed by atoms with Crippen molar-refractivity contribution in [3.8, 4) is 11.5 Å². The summed E-state index contributed by atoms with van der Waals surface area (Å²) in [6.07, 6.45) is 1.48. The second-order valence-corrected chi connectivity index (χ2v) is 10.0. The van der Waals surface area contributed by atoms with Crippen molar-refractivity contribution in [1.29, 1.82) is 0 Å². The lowest BCUT2D eigenvalue weighted by Gasteiger charge is -2.15. The average Bonchev–Trinajstić information content (AvgIpc) is 2.91. The fourth-order valence-electron chi connectivity index (χ4n) is 3.76. The number of nitrogens with one attached hydrogen (secondary N) is 2. The van der Waals surface area contributed by atoms with Crippen LogP contribution in [-0.4, -0.2) is 31.1 Å². The number of rotatable bonds is 7. The number of nitrogens with zero attached hydrogens (tertiary/aromatic N) is 3. The van der Waals surface area contributed by atoms with Crippen LogP contribution in [0.3, 0.4) is 0 Å². The Kier molecular flexibility index (Phi) is 7.10. The second-order valence-electron chi connectivity index (χ2n) is 8.92. The number of phenols is 2. The van der Waals surface area contributed by atoms with E-state index in [1.165, 1.54) is 30.2 Å². The molecule has 38 heavy (non-hydrogen) atoms. The Labute approximate surface area is 223 Å². The number of aromatic hydroxyl groups is 2. The van der Waals surface area contributed by atoms with E-state index in [2.05, 4.69) is 39.4 Å². The van der Waals surface area contributed by atoms with Gasteiger partial charge in [-0.25, -0.2) is 15.0 Å². The zero-order chi connectivity index (χ0) is 26.6. The molecule has 2 heterocycles. The molecular formula is C29H25N5O3S. The third-order valence-corrected chi connectivity index (χ3v) is 6.88. The van der Waals surface area contributed by atoms with Crippen LogP contribution in [0.4, 0.5) is 17.2 Å². The highest BCUT2D eigenvalue weighted by molar-refractivity contribution is 7.99. The third kappa shape index (κ3) is 5.68. The van der Waals surface area contributed by atoms with Crippen molar-refractivity contribution < 1.29 is 15.0 Å². The number of aromatic nitrogens is 3. The lowest BCUT2D eigenvalue weighted by atomic mass is 10.1. The van der Waals surface area contributed by atoms with Crippen molar-refractivity contribution in [2.24, 2.45) is 0 Å². The zero-order valence-electron chi connectivity index (χ0n) is 20.7. The first-order valence-corrected chi connectivity index (χ1v) is 12.8. The van der Waals surface area contributed by atoms with Gasteiger partial charge < -0.3 is 20.8 Å². The molecular weight excluding hydrogens is 498 g/mol. The van der Waals surface area contributed by atoms with Crippen LogP contribution in [-0.2, 0) is 0 Å². The molecule has 5 rings (SSSR count). The molecule has 0 aliphatic heterocycles. The Hall–Kier alpha value is -4.63. The van der Waals surface area contributed by atoms with Gasteiger partial charge in [0.25, 0.3) is 5.91 Å². The molecule has 1 amide bonds. The topological polar surface area (TPSA) is 120 Å². The fourth-order valence-corrected chi connectivity index (χ4v) is 4.64. The normalized spacial score (nSPS) is 11.0. The largest absolute Gasteiger partial charge is 0.508 e. The number of carbonyl (C=O) groups is 1. The molecule has 5 aromatic rings. The number of carbonyl (C=O) groups excluding carboxylic acids is 1. The van der Waals surface area contributed by atoms with Crippen molar-refractivity contribution in [3.05, 3.63) is 96.4 Å². The average molecular weight is 524 g/mol. The van der Waals surface area contributed by atoms with Crippen LogP contribution in [0.1, 0.15) is 35.8 Å². The molecule has 0 bridgehead atoms. The first-order valence-electron chi connectivity index (χ1n) is 12.0. The van der Waals surface area contributed by atoms with Crippen LogP contribution >= 0.6 is 11.8 Å². The predicted octanol–water partition coefficient (Wildman–Crippen LogP) is 6.71. The highest BCUT2D eigenvalue weighted by atomic mass is 32.2. The number of benzene rings is 3. The van der Waals surface area contributed by atoms with Gasteiger partial charge in [0, 0.05) is 26.7 Å². The smallest absolute Gasteiger partial charge is 0.255 e. The van der Waals surface area contributed by atoms with Crippen molar-refractivity contribution in [3.63, 3.8) is 0 Å². The van der Waals surface area contributed by atoms with E-state index in [1.807, 2.05) is 42.5 Å². The van der Waals surface area contributed by atoms with Crippen molar-refractivity contribution in [2.45, 2.75) is 29.6 Å². The van der Waals surface area contributed by atoms with Gasteiger partial charge >= 0.3 is 0 Å². The summed E-state index contributed by atoms with van der Waals surface area (Å²) in [5.41, 5.74) is 3.27. The Bertz CT molecular complexity index is 1610. The summed E-state index contributed by atoms with van der Waals surface area (Å²) in [6, 6.07) is 22.5. The molecule has 8 nitrogen and oxygen atoms in total. The number of fused-ring (bicyclic) bond motifs is 1. The molecule has 0 radical (unpaired) electrons. The van der Waals surface area contributed by atoms with E-state index < -0.39 is 0 Å². The molecule has 190 valence electrons. The van der Waals surface area contributed by atoms with Gasteiger partial charge in [-0.1, -0.05) is 25.6 Å². The number of phenolic OH excluding ortho intramolecular Hbond substituents is 2. The van der Waals surface area contributed by atoms with Gasteiger partial charge in [-0.3, -0.25) is 4.79 Å². The van der Waals surface area contributed by atoms with Crippen molar-refractivity contribution in [1.82, 2.24) is 15.0 Å². The first-order chi connectivity index (χ1) is 18.4. The highest BCUT2D eigenvalue weighted by Gasteiger charge is 2.14. The molecule has 0 spiro atoms. The standard InChI is InChI=1S/C29H25N5O3S/c1-17(2)24-13-12-23-27(33-24)30-16-31-28(23)34-25-15-19(32-29(37)18-3-6-20(35)7-4-18)5-14-26(25)38-22-10-8-21(36)9-11-22/h3-17,35-36H,1-2H3,(H,32,37)(H,30,31,33,34). The SMILES string of the molecule is CC(C)c1ccc2c(Nc3cc(NC(=O)c4ccc(O)cc4)ccc3Sc3ccc(O)cc3)ncnc2n1. The Morgan fingerprint density at radius 2 is 1.58 bits per heavy atom. The molecule has 4 N–H and O–H groups in total. The van der Waals surface area contributed by atoms with Crippen LogP contribution in [0.5, 0.6) is 11.5 Å². The minimum absolute atomic E-state index is 0.0933. The Balaban J connectivity index is 1.50. The van der Waals surface area contributed by atoms with Gasteiger partial charge in [-0.05, 0) is 84.8 Å². The second kappa shape index (κ2) is 10.8. The van der Waals surface area contributed by atoms with Crippen molar-refractivity contribution >= 4 is 45.9 Å². The zero-order valence-corrected chi connectivity index (χ0v) is 21.5. The summed E-state index contributed by atoms with van der Waals surface area (Å²) in [5, 5.41) is 26.3. The van der Waals surface area contributed by atoms with E-state index in [9.17, 15) is 15.0 Å². The summed E-state index contributed by atoms with van der Waals surface area (Å²) in [5.74, 6) is 0.851. The maximum atomic E-state index is 12.8. The molecule has 0 saturated carbocycles. The van der Waals surface area contributed by atoms with Crippen LogP contribution in [0.2, 0.25) is 0 Å². The van der Waals surface area contributed by atoms with Gasteiger partial charge in [0.15, 0.2) is 5.65 Å². The number of hydrogen-bond acceptors (Lipinski definition) is 8. The first kappa shape index (κ1) is 25.0. The molecule has 0 atom stereocenters. The monoisotopic (exact) mass is 523 g/mol. The quantitative estimate of drug-likeness (QED) is 0.186. The lowest BCUT2D eigenvalue weighted by Crippen LogP contribution is -2.12. The maximum absolute atomic E-state index is 12.8. The van der Waals surface area contributed by atoms with Crippen LogP contribution in [0.15, 0.2) is 95.0 Å². The summed E-state index contributed by atoms with van der Waals surface area (Å²) >= 11 is 1.51. The van der Waals surface area contributed by atoms with Gasteiger partial charge in [-0.2, -0.15) is 0 Å². The molecule has 0 aliphatic carbocycles. The summed E-state index contributed by atoms with van der Waals surface area (Å²) in [4.78, 5) is 28.1. The van der Waals surface area contributed by atoms with E-state index >= 15 is 0 Å². The molecule has 0 unspecified atom stereocenters. The van der Waals surface area contributed by atoms with Crippen molar-refractivity contribution in [2.75, 3.05) is 10.6 Å². The van der Waals surface area contributed by atoms with Crippen LogP contribution in [0.25, 0.3) is 11.0 Å². The molecule has 3 aromatic carbocycles. The van der Waals surface area contributed by atoms with E-state index in [1.54, 1.807) is 24.3 Å². The maximum Gasteiger partial charge on any atom is 0.255 e. The Morgan fingerprint density at radius 3 is 2.29 bits per heavy atom. The number of anilines is 3. The van der Waals surface area contributed by atoms with Crippen LogP contribution < -0.4 is 10.6 Å². The minimum atomic E-state index is -0.298. The van der Waals surface area contributed by atoms with Gasteiger partial charge in [0.2, 0.25) is 0 Å². The predicted molar refractivity (Wildman–Crippen MR) is 149 cm³/mol. The van der Waals surface area contributed by atoms with E-state index in [4.69, 9.17) is 0 Å². The number of amides is 1. The van der Waals surface area contributed by atoms with Gasteiger partial charge in [0.1, 0.15) is 23.6 Å². The molecule has 2 aromatic heterocycles. The third-order valence-electron chi connectivity index (χ3n) is 5.79. The number of hydrogen-bond donors (Lipinski definition) is 4. The van der Waals surface area contributed by atoms with E-state index in [0.717, 1.165) is 26.6 Å². The molecule has 0 saturated heterocycles. The van der Waals surface area contributed by atoms with Gasteiger partial charge in [0.05, 0.1) is 11.1 Å². The Morgan fingerprint density at radius 1 is 0.868 bits per heavy atom. The summed E-state index contributed by atoms with van der Waals surface area (Å²) < 4.78 is 0. The van der Waals surface area contributed by atoms with Crippen LogP contribution in [0, 0.1) is 0 Å². The van der Waals surface area contributed by atoms with E-state index in [0.29, 0.717) is 22.7 Å². The number of pyridine rings is 1. The minimum Gasteiger partial charge on any atom is -0.508 e. The fraction of sp³-hybridized carbons (Fsp3) is 0.103.